The quantitative estimate of drug-likeness (QED) is 0.586. The first-order chi connectivity index (χ1) is 6.92. The van der Waals surface area contributed by atoms with Gasteiger partial charge in [-0.15, -0.1) is 0 Å². The fourth-order valence-electron chi connectivity index (χ4n) is 1.09. The molecular formula is C10H18N2O3. The van der Waals surface area contributed by atoms with Crippen molar-refractivity contribution in [2.75, 3.05) is 6.54 Å². The van der Waals surface area contributed by atoms with Crippen molar-refractivity contribution in [2.45, 2.75) is 44.7 Å². The summed E-state index contributed by atoms with van der Waals surface area (Å²) in [5.41, 5.74) is -0.972. The van der Waals surface area contributed by atoms with Crippen LogP contribution in [0.2, 0.25) is 0 Å². The van der Waals surface area contributed by atoms with E-state index in [1.54, 1.807) is 13.8 Å². The van der Waals surface area contributed by atoms with E-state index in [4.69, 9.17) is 5.11 Å². The number of hydrogen-bond donors (Lipinski definition) is 3. The molecule has 1 aliphatic carbocycles. The molecule has 0 heterocycles. The van der Waals surface area contributed by atoms with Gasteiger partial charge in [-0.1, -0.05) is 0 Å². The summed E-state index contributed by atoms with van der Waals surface area (Å²) in [6.45, 7) is 3.54. The van der Waals surface area contributed by atoms with Crippen LogP contribution in [0.25, 0.3) is 0 Å². The van der Waals surface area contributed by atoms with Crippen LogP contribution in [-0.4, -0.2) is 35.1 Å². The molecule has 0 aliphatic heterocycles. The molecule has 1 aliphatic rings. The van der Waals surface area contributed by atoms with E-state index in [1.165, 1.54) is 0 Å². The van der Waals surface area contributed by atoms with E-state index >= 15 is 0 Å². The number of carbonyl (C=O) groups excluding carboxylic acids is 1. The molecule has 3 N–H and O–H groups in total. The van der Waals surface area contributed by atoms with Crippen LogP contribution in [0.15, 0.2) is 0 Å². The van der Waals surface area contributed by atoms with E-state index in [-0.39, 0.29) is 5.91 Å². The molecule has 0 bridgehead atoms. The summed E-state index contributed by atoms with van der Waals surface area (Å²) in [5, 5.41) is 14.5. The van der Waals surface area contributed by atoms with Crippen LogP contribution in [0.5, 0.6) is 0 Å². The number of hydrogen-bond acceptors (Lipinski definition) is 3. The molecule has 0 unspecified atom stereocenters. The fraction of sp³-hybridized carbons (Fsp3) is 0.800. The average Bonchev–Trinajstić information content (AvgIpc) is 2.87. The summed E-state index contributed by atoms with van der Waals surface area (Å²) in [7, 11) is 0. The van der Waals surface area contributed by atoms with Gasteiger partial charge in [0.05, 0.1) is 0 Å². The molecule has 1 saturated carbocycles. The first-order valence-corrected chi connectivity index (χ1v) is 5.19. The van der Waals surface area contributed by atoms with Gasteiger partial charge in [-0.25, -0.2) is 0 Å². The zero-order valence-electron chi connectivity index (χ0n) is 9.17. The lowest BCUT2D eigenvalue weighted by atomic mass is 10.1. The number of amides is 1. The Hall–Kier alpha value is -1.10. The maximum Gasteiger partial charge on any atom is 0.323 e. The van der Waals surface area contributed by atoms with E-state index < -0.39 is 11.5 Å². The standard InChI is InChI=1S/C10H18N2O3/c1-10(2,9(14)15)11-6-5-8(13)12-7-3-4-7/h7,11H,3-6H2,1-2H3,(H,12,13)(H,14,15). The lowest BCUT2D eigenvalue weighted by Gasteiger charge is -2.20. The van der Waals surface area contributed by atoms with Gasteiger partial charge in [0, 0.05) is 19.0 Å². The smallest absolute Gasteiger partial charge is 0.323 e. The predicted octanol–water partition coefficient (Wildman–Crippen LogP) is 0.108. The van der Waals surface area contributed by atoms with E-state index in [9.17, 15) is 9.59 Å². The monoisotopic (exact) mass is 214 g/mol. The Morgan fingerprint density at radius 2 is 2.00 bits per heavy atom. The fourth-order valence-corrected chi connectivity index (χ4v) is 1.09. The van der Waals surface area contributed by atoms with E-state index in [2.05, 4.69) is 10.6 Å². The minimum Gasteiger partial charge on any atom is -0.480 e. The minimum atomic E-state index is -0.972. The van der Waals surface area contributed by atoms with E-state index in [0.29, 0.717) is 19.0 Å². The van der Waals surface area contributed by atoms with Crippen molar-refractivity contribution < 1.29 is 14.7 Å². The molecule has 0 saturated heterocycles. The number of carboxylic acids is 1. The average molecular weight is 214 g/mol. The van der Waals surface area contributed by atoms with Crippen molar-refractivity contribution in [3.05, 3.63) is 0 Å². The van der Waals surface area contributed by atoms with Crippen LogP contribution in [0.1, 0.15) is 33.1 Å². The Morgan fingerprint density at radius 3 is 2.47 bits per heavy atom. The van der Waals surface area contributed by atoms with Crippen LogP contribution in [0.4, 0.5) is 0 Å². The first-order valence-electron chi connectivity index (χ1n) is 5.19. The summed E-state index contributed by atoms with van der Waals surface area (Å²) in [4.78, 5) is 22.0. The van der Waals surface area contributed by atoms with Crippen molar-refractivity contribution in [2.24, 2.45) is 0 Å². The third kappa shape index (κ3) is 4.29. The molecule has 15 heavy (non-hydrogen) atoms. The molecule has 5 nitrogen and oxygen atoms in total. The largest absolute Gasteiger partial charge is 0.480 e. The lowest BCUT2D eigenvalue weighted by molar-refractivity contribution is -0.143. The molecule has 1 rings (SSSR count). The normalized spacial score (nSPS) is 16.1. The lowest BCUT2D eigenvalue weighted by Crippen LogP contribution is -2.47. The van der Waals surface area contributed by atoms with Gasteiger partial charge in [0.15, 0.2) is 0 Å². The maximum atomic E-state index is 11.3. The highest BCUT2D eigenvalue weighted by atomic mass is 16.4. The Balaban J connectivity index is 2.14. The number of rotatable bonds is 6. The van der Waals surface area contributed by atoms with Gasteiger partial charge in [0.2, 0.25) is 5.91 Å². The highest BCUT2D eigenvalue weighted by Crippen LogP contribution is 2.18. The summed E-state index contributed by atoms with van der Waals surface area (Å²) in [5.74, 6) is -0.920. The van der Waals surface area contributed by atoms with Crippen molar-refractivity contribution >= 4 is 11.9 Å². The molecule has 0 aromatic carbocycles. The molecule has 0 radical (unpaired) electrons. The van der Waals surface area contributed by atoms with Gasteiger partial charge in [0.25, 0.3) is 0 Å². The van der Waals surface area contributed by atoms with Gasteiger partial charge < -0.3 is 15.7 Å². The van der Waals surface area contributed by atoms with Crippen LogP contribution < -0.4 is 10.6 Å². The van der Waals surface area contributed by atoms with E-state index in [0.717, 1.165) is 12.8 Å². The summed E-state index contributed by atoms with van der Waals surface area (Å²) < 4.78 is 0. The number of carboxylic acid groups (broad SMARTS) is 1. The second-order valence-electron chi connectivity index (χ2n) is 4.45. The molecule has 0 aromatic rings. The third-order valence-corrected chi connectivity index (χ3v) is 2.40. The SMILES string of the molecule is CC(C)(NCCC(=O)NC1CC1)C(=O)O. The molecule has 0 aromatic heterocycles. The number of aliphatic carboxylic acids is 1. The molecular weight excluding hydrogens is 196 g/mol. The molecule has 0 spiro atoms. The van der Waals surface area contributed by atoms with Gasteiger partial charge in [0.1, 0.15) is 5.54 Å². The molecule has 1 fully saturated rings. The highest BCUT2D eigenvalue weighted by molar-refractivity contribution is 5.78. The van der Waals surface area contributed by atoms with Crippen molar-refractivity contribution in [3.8, 4) is 0 Å². The Kier molecular flexibility index (Phi) is 3.68. The van der Waals surface area contributed by atoms with Crippen LogP contribution in [0.3, 0.4) is 0 Å². The zero-order valence-corrected chi connectivity index (χ0v) is 9.17. The van der Waals surface area contributed by atoms with Crippen LogP contribution in [0, 0.1) is 0 Å². The molecule has 1 amide bonds. The van der Waals surface area contributed by atoms with Crippen molar-refractivity contribution in [3.63, 3.8) is 0 Å². The van der Waals surface area contributed by atoms with Crippen molar-refractivity contribution in [1.29, 1.82) is 0 Å². The van der Waals surface area contributed by atoms with Gasteiger partial charge >= 0.3 is 5.97 Å². The van der Waals surface area contributed by atoms with E-state index in [1.807, 2.05) is 0 Å². The zero-order chi connectivity index (χ0) is 11.5. The Labute approximate surface area is 89.2 Å². The highest BCUT2D eigenvalue weighted by Gasteiger charge is 2.27. The van der Waals surface area contributed by atoms with Gasteiger partial charge in [-0.05, 0) is 26.7 Å². The minimum absolute atomic E-state index is 0.00816. The van der Waals surface area contributed by atoms with Crippen LogP contribution >= 0.6 is 0 Å². The second-order valence-corrected chi connectivity index (χ2v) is 4.45. The van der Waals surface area contributed by atoms with Gasteiger partial charge in [-0.2, -0.15) is 0 Å². The van der Waals surface area contributed by atoms with Crippen molar-refractivity contribution in [1.82, 2.24) is 10.6 Å². The number of nitrogens with one attached hydrogen (secondary N) is 2. The van der Waals surface area contributed by atoms with Crippen LogP contribution in [-0.2, 0) is 9.59 Å². The summed E-state index contributed by atoms with van der Waals surface area (Å²) >= 11 is 0. The Bertz CT molecular complexity index is 259. The maximum absolute atomic E-state index is 11.3. The number of carbonyl (C=O) groups is 2. The third-order valence-electron chi connectivity index (χ3n) is 2.40. The molecule has 86 valence electrons. The molecule has 5 heteroatoms. The first kappa shape index (κ1) is 12.0. The second kappa shape index (κ2) is 4.61. The predicted molar refractivity (Wildman–Crippen MR) is 55.5 cm³/mol. The Morgan fingerprint density at radius 1 is 1.40 bits per heavy atom. The summed E-state index contributed by atoms with van der Waals surface area (Å²) in [6, 6.07) is 0.366. The topological polar surface area (TPSA) is 78.4 Å². The van der Waals surface area contributed by atoms with Gasteiger partial charge in [-0.3, -0.25) is 9.59 Å². The molecule has 0 atom stereocenters. The summed E-state index contributed by atoms with van der Waals surface area (Å²) in [6.07, 6.45) is 2.47.